The highest BCUT2D eigenvalue weighted by Gasteiger charge is 1.82. The molecule has 0 amide bonds. The summed E-state index contributed by atoms with van der Waals surface area (Å²) in [6, 6.07) is 0. The lowest BCUT2D eigenvalue weighted by molar-refractivity contribution is -0.283. The number of carbonyl (C=O) groups is 1. The first-order chi connectivity index (χ1) is 4.27. The van der Waals surface area contributed by atoms with Gasteiger partial charge in [-0.1, -0.05) is 0 Å². The van der Waals surface area contributed by atoms with E-state index in [2.05, 4.69) is 4.74 Å². The maximum absolute atomic E-state index is 9.57. The van der Waals surface area contributed by atoms with Crippen LogP contribution in [0.5, 0.6) is 0 Å². The molecule has 0 bridgehead atoms. The first-order valence-corrected chi connectivity index (χ1v) is 2.69. The van der Waals surface area contributed by atoms with Gasteiger partial charge >= 0.3 is 0 Å². The number of hydrogen-bond acceptors (Lipinski definition) is 4. The number of rotatable bonds is 4. The first-order valence-electron chi connectivity index (χ1n) is 2.69. The van der Waals surface area contributed by atoms with Crippen molar-refractivity contribution in [3.8, 4) is 0 Å². The van der Waals surface area contributed by atoms with Gasteiger partial charge in [0.25, 0.3) is 6.16 Å². The van der Waals surface area contributed by atoms with Crippen LogP contribution in [0.2, 0.25) is 0 Å². The van der Waals surface area contributed by atoms with E-state index in [0.29, 0.717) is 13.2 Å². The molecule has 0 aromatic rings. The number of carboxylic acid groups (broad SMARTS) is 1. The van der Waals surface area contributed by atoms with Crippen LogP contribution in [0.3, 0.4) is 0 Å². The molecule has 54 valence electrons. The molecular weight excluding hydrogens is 124 g/mol. The Morgan fingerprint density at radius 3 is 2.67 bits per heavy atom. The molecule has 0 saturated heterocycles. The normalized spacial score (nSPS) is 9.00. The minimum Gasteiger partial charge on any atom is -0.547 e. The Morgan fingerprint density at radius 2 is 2.22 bits per heavy atom. The number of carbonyl (C=O) groups excluding carboxylic acids is 1. The summed E-state index contributed by atoms with van der Waals surface area (Å²) in [6.07, 6.45) is -1.50. The van der Waals surface area contributed by atoms with Gasteiger partial charge in [-0.25, -0.2) is 0 Å². The van der Waals surface area contributed by atoms with E-state index < -0.39 is 6.16 Å². The average Bonchev–Trinajstić information content (AvgIpc) is 1.80. The topological polar surface area (TPSA) is 58.6 Å². The average molecular weight is 133 g/mol. The molecule has 0 spiro atoms. The quantitative estimate of drug-likeness (QED) is 0.379. The Kier molecular flexibility index (Phi) is 4.91. The lowest BCUT2D eigenvalue weighted by Crippen LogP contribution is -2.25. The number of ether oxygens (including phenoxy) is 2. The van der Waals surface area contributed by atoms with Gasteiger partial charge in [-0.3, -0.25) is 0 Å². The fourth-order valence-corrected chi connectivity index (χ4v) is 0.328. The van der Waals surface area contributed by atoms with E-state index in [0.717, 1.165) is 0 Å². The highest BCUT2D eigenvalue weighted by molar-refractivity contribution is 5.53. The van der Waals surface area contributed by atoms with Crippen molar-refractivity contribution < 1.29 is 19.4 Å². The number of hydrogen-bond donors (Lipinski definition) is 0. The fourth-order valence-electron chi connectivity index (χ4n) is 0.328. The summed E-state index contributed by atoms with van der Waals surface area (Å²) in [5.41, 5.74) is 0. The van der Waals surface area contributed by atoms with Crippen molar-refractivity contribution in [1.29, 1.82) is 0 Å². The van der Waals surface area contributed by atoms with Crippen LogP contribution < -0.4 is 5.11 Å². The zero-order chi connectivity index (χ0) is 7.11. The summed E-state index contributed by atoms with van der Waals surface area (Å²) in [4.78, 5) is 9.57. The van der Waals surface area contributed by atoms with Gasteiger partial charge in [-0.2, -0.15) is 0 Å². The predicted octanol–water partition coefficient (Wildman–Crippen LogP) is -0.617. The third-order valence-corrected chi connectivity index (χ3v) is 0.652. The molecule has 0 fully saturated rings. The molecule has 0 unspecified atom stereocenters. The van der Waals surface area contributed by atoms with Gasteiger partial charge < -0.3 is 19.4 Å². The lowest BCUT2D eigenvalue weighted by Gasteiger charge is -2.06. The monoisotopic (exact) mass is 133 g/mol. The van der Waals surface area contributed by atoms with E-state index in [9.17, 15) is 9.90 Å². The Bertz CT molecular complexity index is 81.0. The molecule has 0 aliphatic heterocycles. The summed E-state index contributed by atoms with van der Waals surface area (Å²) < 4.78 is 8.79. The van der Waals surface area contributed by atoms with Crippen molar-refractivity contribution in [2.45, 2.75) is 6.92 Å². The van der Waals surface area contributed by atoms with Crippen LogP contribution in [0.15, 0.2) is 0 Å². The molecule has 0 aromatic carbocycles. The van der Waals surface area contributed by atoms with Crippen molar-refractivity contribution in [1.82, 2.24) is 0 Å². The molecule has 4 heteroatoms. The SMILES string of the molecule is CCOCCOC(=O)[O-]. The smallest absolute Gasteiger partial charge is 0.252 e. The summed E-state index contributed by atoms with van der Waals surface area (Å²) in [7, 11) is 0. The summed E-state index contributed by atoms with van der Waals surface area (Å²) in [5, 5.41) is 9.57. The molecule has 0 saturated carbocycles. The van der Waals surface area contributed by atoms with E-state index in [4.69, 9.17) is 4.74 Å². The summed E-state index contributed by atoms with van der Waals surface area (Å²) in [5.74, 6) is 0. The van der Waals surface area contributed by atoms with Crippen LogP contribution in [-0.2, 0) is 9.47 Å². The fraction of sp³-hybridized carbons (Fsp3) is 0.800. The lowest BCUT2D eigenvalue weighted by atomic mass is 10.7. The minimum absolute atomic E-state index is 0.0518. The third-order valence-electron chi connectivity index (χ3n) is 0.652. The van der Waals surface area contributed by atoms with Gasteiger partial charge in [0.1, 0.15) is 0 Å². The standard InChI is InChI=1S/C5H10O4/c1-2-8-3-4-9-5(6)7/h2-4H2,1H3,(H,6,7)/p-1. The second kappa shape index (κ2) is 5.37. The molecule has 0 heterocycles. The van der Waals surface area contributed by atoms with Gasteiger partial charge in [-0.05, 0) is 6.92 Å². The van der Waals surface area contributed by atoms with Crippen LogP contribution >= 0.6 is 0 Å². The zero-order valence-corrected chi connectivity index (χ0v) is 5.25. The predicted molar refractivity (Wildman–Crippen MR) is 27.8 cm³/mol. The van der Waals surface area contributed by atoms with Gasteiger partial charge in [0, 0.05) is 6.61 Å². The molecule has 0 N–H and O–H groups in total. The third kappa shape index (κ3) is 7.23. The van der Waals surface area contributed by atoms with Crippen molar-refractivity contribution >= 4 is 6.16 Å². The Balaban J connectivity index is 2.83. The van der Waals surface area contributed by atoms with Crippen molar-refractivity contribution in [2.24, 2.45) is 0 Å². The molecule has 4 nitrogen and oxygen atoms in total. The Hall–Kier alpha value is -0.770. The largest absolute Gasteiger partial charge is 0.547 e. The molecule has 0 rings (SSSR count). The Morgan fingerprint density at radius 1 is 1.56 bits per heavy atom. The zero-order valence-electron chi connectivity index (χ0n) is 5.25. The molecule has 0 aliphatic rings. The van der Waals surface area contributed by atoms with Crippen LogP contribution in [-0.4, -0.2) is 26.0 Å². The van der Waals surface area contributed by atoms with E-state index in [1.54, 1.807) is 0 Å². The van der Waals surface area contributed by atoms with Crippen LogP contribution in [0.4, 0.5) is 4.79 Å². The second-order valence-corrected chi connectivity index (χ2v) is 1.30. The van der Waals surface area contributed by atoms with E-state index >= 15 is 0 Å². The maximum Gasteiger partial charge on any atom is 0.252 e. The van der Waals surface area contributed by atoms with E-state index in [-0.39, 0.29) is 6.61 Å². The van der Waals surface area contributed by atoms with Crippen molar-refractivity contribution in [3.05, 3.63) is 0 Å². The molecule has 0 radical (unpaired) electrons. The maximum atomic E-state index is 9.57. The summed E-state index contributed by atoms with van der Waals surface area (Å²) in [6.45, 7) is 2.73. The molecule has 0 aliphatic carbocycles. The molecule has 0 aromatic heterocycles. The van der Waals surface area contributed by atoms with Crippen molar-refractivity contribution in [3.63, 3.8) is 0 Å². The van der Waals surface area contributed by atoms with Crippen LogP contribution in [0.1, 0.15) is 6.92 Å². The van der Waals surface area contributed by atoms with E-state index in [1.807, 2.05) is 6.92 Å². The first kappa shape index (κ1) is 8.23. The van der Waals surface area contributed by atoms with E-state index in [1.165, 1.54) is 0 Å². The Labute approximate surface area is 53.4 Å². The van der Waals surface area contributed by atoms with Gasteiger partial charge in [-0.15, -0.1) is 0 Å². The molecule has 0 atom stereocenters. The van der Waals surface area contributed by atoms with Crippen LogP contribution in [0.25, 0.3) is 0 Å². The highest BCUT2D eigenvalue weighted by atomic mass is 16.7. The minimum atomic E-state index is -1.50. The second-order valence-electron chi connectivity index (χ2n) is 1.30. The summed E-state index contributed by atoms with van der Waals surface area (Å²) >= 11 is 0. The van der Waals surface area contributed by atoms with Gasteiger partial charge in [0.15, 0.2) is 0 Å². The van der Waals surface area contributed by atoms with Crippen molar-refractivity contribution in [2.75, 3.05) is 19.8 Å². The highest BCUT2D eigenvalue weighted by Crippen LogP contribution is 1.75. The van der Waals surface area contributed by atoms with Crippen LogP contribution in [0, 0.1) is 0 Å². The van der Waals surface area contributed by atoms with Gasteiger partial charge in [0.2, 0.25) is 0 Å². The molecular formula is C5H9O4-. The molecule has 9 heavy (non-hydrogen) atoms. The van der Waals surface area contributed by atoms with Gasteiger partial charge in [0.05, 0.1) is 13.2 Å².